The van der Waals surface area contributed by atoms with Gasteiger partial charge in [0.05, 0.1) is 12.0 Å². The van der Waals surface area contributed by atoms with Crippen LogP contribution in [0.1, 0.15) is 27.8 Å². The zero-order valence-corrected chi connectivity index (χ0v) is 12.2. The fourth-order valence-electron chi connectivity index (χ4n) is 2.36. The van der Waals surface area contributed by atoms with Gasteiger partial charge in [0.2, 0.25) is 0 Å². The summed E-state index contributed by atoms with van der Waals surface area (Å²) in [5.41, 5.74) is 0.643. The van der Waals surface area contributed by atoms with Crippen molar-refractivity contribution in [3.8, 4) is 0 Å². The molecule has 0 heterocycles. The molecule has 2 rings (SSSR count). The van der Waals surface area contributed by atoms with Crippen LogP contribution < -0.4 is 0 Å². The summed E-state index contributed by atoms with van der Waals surface area (Å²) < 4.78 is 76.2. The monoisotopic (exact) mass is 332 g/mol. The third-order valence-electron chi connectivity index (χ3n) is 3.57. The first kappa shape index (κ1) is 17.4. The SMILES string of the molecule is Cc1ccc(C(F)(F)F)cc1Cc1ccccc1CC(F)(F)F. The minimum atomic E-state index is -4.48. The first-order valence-corrected chi connectivity index (χ1v) is 6.86. The summed E-state index contributed by atoms with van der Waals surface area (Å²) in [5.74, 6) is 0. The van der Waals surface area contributed by atoms with E-state index in [0.717, 1.165) is 12.1 Å². The van der Waals surface area contributed by atoms with Gasteiger partial charge in [-0.15, -0.1) is 0 Å². The van der Waals surface area contributed by atoms with Crippen LogP contribution in [-0.4, -0.2) is 6.18 Å². The van der Waals surface area contributed by atoms with Crippen molar-refractivity contribution in [2.75, 3.05) is 0 Å². The number of halogens is 6. The van der Waals surface area contributed by atoms with E-state index in [-0.39, 0.29) is 12.0 Å². The lowest BCUT2D eigenvalue weighted by Gasteiger charge is -2.15. The van der Waals surface area contributed by atoms with Crippen LogP contribution in [0, 0.1) is 6.92 Å². The van der Waals surface area contributed by atoms with Gasteiger partial charge in [-0.1, -0.05) is 30.3 Å². The van der Waals surface area contributed by atoms with Crippen LogP contribution in [0.2, 0.25) is 0 Å². The molecule has 2 aromatic rings. The predicted octanol–water partition coefficient (Wildman–Crippen LogP) is 5.71. The van der Waals surface area contributed by atoms with Gasteiger partial charge in [-0.3, -0.25) is 0 Å². The highest BCUT2D eigenvalue weighted by atomic mass is 19.4. The Morgan fingerprint density at radius 1 is 0.783 bits per heavy atom. The fraction of sp³-hybridized carbons (Fsp3) is 0.294. The predicted molar refractivity (Wildman–Crippen MR) is 75.2 cm³/mol. The van der Waals surface area contributed by atoms with Crippen molar-refractivity contribution < 1.29 is 26.3 Å². The summed E-state index contributed by atoms with van der Waals surface area (Å²) in [6.45, 7) is 1.64. The van der Waals surface area contributed by atoms with Gasteiger partial charge in [0.25, 0.3) is 0 Å². The van der Waals surface area contributed by atoms with Crippen molar-refractivity contribution >= 4 is 0 Å². The second-order valence-electron chi connectivity index (χ2n) is 5.38. The maximum Gasteiger partial charge on any atom is 0.416 e. The van der Waals surface area contributed by atoms with E-state index in [9.17, 15) is 26.3 Å². The van der Waals surface area contributed by atoms with Crippen LogP contribution in [0.25, 0.3) is 0 Å². The van der Waals surface area contributed by atoms with Gasteiger partial charge in [-0.2, -0.15) is 26.3 Å². The van der Waals surface area contributed by atoms with Crippen molar-refractivity contribution in [2.24, 2.45) is 0 Å². The normalized spacial score (nSPS) is 12.5. The molecule has 0 atom stereocenters. The summed E-state index contributed by atoms with van der Waals surface area (Å²) in [7, 11) is 0. The average molecular weight is 332 g/mol. The molecule has 0 aromatic heterocycles. The maximum atomic E-state index is 12.8. The van der Waals surface area contributed by atoms with E-state index in [0.29, 0.717) is 16.7 Å². The maximum absolute atomic E-state index is 12.8. The molecule has 23 heavy (non-hydrogen) atoms. The van der Waals surface area contributed by atoms with Gasteiger partial charge in [0.15, 0.2) is 0 Å². The Bertz CT molecular complexity index is 682. The van der Waals surface area contributed by atoms with Gasteiger partial charge < -0.3 is 0 Å². The number of aryl methyl sites for hydroxylation is 1. The summed E-state index contributed by atoms with van der Waals surface area (Å²) in [5, 5.41) is 0. The van der Waals surface area contributed by atoms with E-state index in [1.54, 1.807) is 13.0 Å². The molecule has 0 saturated heterocycles. The van der Waals surface area contributed by atoms with E-state index < -0.39 is 24.3 Å². The van der Waals surface area contributed by atoms with Crippen molar-refractivity contribution in [3.63, 3.8) is 0 Å². The zero-order valence-electron chi connectivity index (χ0n) is 12.2. The Morgan fingerprint density at radius 2 is 1.39 bits per heavy atom. The van der Waals surface area contributed by atoms with Crippen LogP contribution in [0.4, 0.5) is 26.3 Å². The molecule has 0 spiro atoms. The van der Waals surface area contributed by atoms with Gasteiger partial charge >= 0.3 is 12.4 Å². The number of hydrogen-bond acceptors (Lipinski definition) is 0. The molecule has 0 nitrogen and oxygen atoms in total. The number of rotatable bonds is 3. The molecule has 0 aliphatic heterocycles. The van der Waals surface area contributed by atoms with Crippen molar-refractivity contribution in [1.82, 2.24) is 0 Å². The molecule has 6 heteroatoms. The van der Waals surface area contributed by atoms with Gasteiger partial charge in [-0.05, 0) is 47.7 Å². The largest absolute Gasteiger partial charge is 0.416 e. The van der Waals surface area contributed by atoms with Crippen LogP contribution in [-0.2, 0) is 19.0 Å². The Hall–Kier alpha value is -1.98. The molecule has 2 aromatic carbocycles. The highest BCUT2D eigenvalue weighted by Gasteiger charge is 2.31. The van der Waals surface area contributed by atoms with Crippen LogP contribution in [0.5, 0.6) is 0 Å². The molecule has 0 saturated carbocycles. The van der Waals surface area contributed by atoms with Gasteiger partial charge in [0, 0.05) is 0 Å². The molecule has 0 aliphatic carbocycles. The molecule has 0 fully saturated rings. The minimum Gasteiger partial charge on any atom is -0.171 e. The van der Waals surface area contributed by atoms with Crippen molar-refractivity contribution in [2.45, 2.75) is 32.1 Å². The molecule has 0 aliphatic rings. The molecule has 0 N–H and O–H groups in total. The smallest absolute Gasteiger partial charge is 0.171 e. The highest BCUT2D eigenvalue weighted by Crippen LogP contribution is 2.32. The summed E-state index contributed by atoms with van der Waals surface area (Å²) >= 11 is 0. The number of hydrogen-bond donors (Lipinski definition) is 0. The van der Waals surface area contributed by atoms with E-state index in [4.69, 9.17) is 0 Å². The summed E-state index contributed by atoms with van der Waals surface area (Å²) in [6.07, 6.45) is -9.91. The van der Waals surface area contributed by atoms with E-state index in [2.05, 4.69) is 0 Å². The van der Waals surface area contributed by atoms with Crippen molar-refractivity contribution in [1.29, 1.82) is 0 Å². The fourth-order valence-corrected chi connectivity index (χ4v) is 2.36. The molecule has 0 unspecified atom stereocenters. The summed E-state index contributed by atoms with van der Waals surface area (Å²) in [4.78, 5) is 0. The number of benzene rings is 2. The highest BCUT2D eigenvalue weighted by molar-refractivity contribution is 5.39. The average Bonchev–Trinajstić information content (AvgIpc) is 2.40. The van der Waals surface area contributed by atoms with E-state index in [1.165, 1.54) is 24.3 Å². The van der Waals surface area contributed by atoms with Crippen LogP contribution in [0.15, 0.2) is 42.5 Å². The van der Waals surface area contributed by atoms with Gasteiger partial charge in [0.1, 0.15) is 0 Å². The molecule has 124 valence electrons. The minimum absolute atomic E-state index is 0.0298. The Balaban J connectivity index is 2.36. The topological polar surface area (TPSA) is 0 Å². The third-order valence-corrected chi connectivity index (χ3v) is 3.57. The van der Waals surface area contributed by atoms with Crippen LogP contribution in [0.3, 0.4) is 0 Å². The third kappa shape index (κ3) is 4.74. The van der Waals surface area contributed by atoms with E-state index in [1.807, 2.05) is 0 Å². The standard InChI is InChI=1S/C17H14F6/c1-11-6-7-15(17(21,22)23)9-14(11)8-12-4-2-3-5-13(12)10-16(18,19)20/h2-7,9H,8,10H2,1H3. The Kier molecular flexibility index (Phi) is 4.73. The van der Waals surface area contributed by atoms with Gasteiger partial charge in [-0.25, -0.2) is 0 Å². The molecule has 0 bridgehead atoms. The summed E-state index contributed by atoms with van der Waals surface area (Å²) in [6, 6.07) is 9.25. The lowest BCUT2D eigenvalue weighted by atomic mass is 9.94. The van der Waals surface area contributed by atoms with Crippen molar-refractivity contribution in [3.05, 3.63) is 70.3 Å². The first-order valence-electron chi connectivity index (χ1n) is 6.86. The zero-order chi connectivity index (χ0) is 17.3. The molecular formula is C17H14F6. The van der Waals surface area contributed by atoms with E-state index >= 15 is 0 Å². The second kappa shape index (κ2) is 6.26. The molecule has 0 radical (unpaired) electrons. The molecule has 0 amide bonds. The number of alkyl halides is 6. The molecular weight excluding hydrogens is 318 g/mol. The Labute approximate surface area is 129 Å². The quantitative estimate of drug-likeness (QED) is 0.632. The van der Waals surface area contributed by atoms with Crippen LogP contribution >= 0.6 is 0 Å². The lowest BCUT2D eigenvalue weighted by Crippen LogP contribution is -2.13. The second-order valence-corrected chi connectivity index (χ2v) is 5.38. The lowest BCUT2D eigenvalue weighted by molar-refractivity contribution is -0.137. The first-order chi connectivity index (χ1) is 10.6. The Morgan fingerprint density at radius 3 is 1.96 bits per heavy atom.